The third kappa shape index (κ3) is 3.33. The molecule has 0 N–H and O–H groups in total. The molecule has 0 fully saturated rings. The van der Waals surface area contributed by atoms with Crippen molar-refractivity contribution >= 4 is 5.57 Å². The summed E-state index contributed by atoms with van der Waals surface area (Å²) in [5, 5.41) is 0. The lowest BCUT2D eigenvalue weighted by molar-refractivity contribution is 1.20. The van der Waals surface area contributed by atoms with Crippen LogP contribution in [-0.4, -0.2) is 4.98 Å². The molecule has 2 aromatic rings. The molecule has 0 amide bonds. The number of aryl methyl sites for hydroxylation is 1. The van der Waals surface area contributed by atoms with Gasteiger partial charge in [-0.1, -0.05) is 61.2 Å². The maximum Gasteiger partial charge on any atom is 0.0711 e. The van der Waals surface area contributed by atoms with Gasteiger partial charge in [0.15, 0.2) is 0 Å². The molecule has 0 saturated heterocycles. The predicted molar refractivity (Wildman–Crippen MR) is 87.4 cm³/mol. The van der Waals surface area contributed by atoms with Crippen molar-refractivity contribution in [1.29, 1.82) is 0 Å². The van der Waals surface area contributed by atoms with Gasteiger partial charge in [0, 0.05) is 11.3 Å². The number of allylic oxidation sites excluding steroid dienone is 5. The van der Waals surface area contributed by atoms with Gasteiger partial charge in [0.1, 0.15) is 0 Å². The van der Waals surface area contributed by atoms with Crippen molar-refractivity contribution in [2.75, 3.05) is 0 Å². The van der Waals surface area contributed by atoms with E-state index in [9.17, 15) is 0 Å². The molecule has 0 radical (unpaired) electrons. The molecule has 100 valence electrons. The molecule has 0 aliphatic heterocycles. The highest BCUT2D eigenvalue weighted by atomic mass is 14.7. The van der Waals surface area contributed by atoms with E-state index in [1.165, 1.54) is 0 Å². The molecule has 0 aliphatic rings. The van der Waals surface area contributed by atoms with E-state index in [1.807, 2.05) is 50.3 Å². The van der Waals surface area contributed by atoms with Gasteiger partial charge in [-0.15, -0.1) is 0 Å². The third-order valence-electron chi connectivity index (χ3n) is 3.04. The van der Waals surface area contributed by atoms with Gasteiger partial charge < -0.3 is 0 Å². The Morgan fingerprint density at radius 3 is 2.55 bits per heavy atom. The van der Waals surface area contributed by atoms with E-state index < -0.39 is 0 Å². The number of hydrogen-bond donors (Lipinski definition) is 0. The third-order valence-corrected chi connectivity index (χ3v) is 3.04. The molecule has 0 saturated carbocycles. The summed E-state index contributed by atoms with van der Waals surface area (Å²) in [4.78, 5) is 4.62. The van der Waals surface area contributed by atoms with Crippen LogP contribution in [0.2, 0.25) is 0 Å². The lowest BCUT2D eigenvalue weighted by Crippen LogP contribution is -1.91. The Bertz CT molecular complexity index is 649. The summed E-state index contributed by atoms with van der Waals surface area (Å²) in [6.45, 7) is 7.92. The van der Waals surface area contributed by atoms with Gasteiger partial charge in [0.05, 0.1) is 5.69 Å². The van der Waals surface area contributed by atoms with Gasteiger partial charge in [-0.2, -0.15) is 0 Å². The molecule has 1 heteroatoms. The Hall–Kier alpha value is -2.41. The second kappa shape index (κ2) is 6.67. The fourth-order valence-corrected chi connectivity index (χ4v) is 2.07. The van der Waals surface area contributed by atoms with E-state index in [1.54, 1.807) is 0 Å². The molecule has 0 unspecified atom stereocenters. The Morgan fingerprint density at radius 2 is 1.90 bits per heavy atom. The minimum Gasteiger partial charge on any atom is -0.253 e. The molecule has 0 bridgehead atoms. The lowest BCUT2D eigenvalue weighted by Gasteiger charge is -2.08. The minimum absolute atomic E-state index is 0.994. The fourth-order valence-electron chi connectivity index (χ4n) is 2.07. The number of rotatable bonds is 4. The second-order valence-electron chi connectivity index (χ2n) is 4.60. The topological polar surface area (TPSA) is 12.9 Å². The van der Waals surface area contributed by atoms with Crippen LogP contribution in [-0.2, 0) is 0 Å². The second-order valence-corrected chi connectivity index (χ2v) is 4.60. The first kappa shape index (κ1) is 14.0. The van der Waals surface area contributed by atoms with Gasteiger partial charge in [0.25, 0.3) is 0 Å². The summed E-state index contributed by atoms with van der Waals surface area (Å²) in [5.41, 5.74) is 5.38. The van der Waals surface area contributed by atoms with Crippen LogP contribution in [0.5, 0.6) is 0 Å². The fraction of sp³-hybridized carbons (Fsp3) is 0.105. The Labute approximate surface area is 121 Å². The number of benzene rings is 1. The van der Waals surface area contributed by atoms with Gasteiger partial charge in [-0.25, -0.2) is 0 Å². The van der Waals surface area contributed by atoms with Crippen molar-refractivity contribution in [3.05, 3.63) is 84.6 Å². The first-order chi connectivity index (χ1) is 9.74. The summed E-state index contributed by atoms with van der Waals surface area (Å²) in [6, 6.07) is 14.4. The number of nitrogens with zero attached hydrogens (tertiary/aromatic N) is 1. The van der Waals surface area contributed by atoms with Crippen LogP contribution in [0.1, 0.15) is 18.2 Å². The van der Waals surface area contributed by atoms with E-state index in [-0.39, 0.29) is 0 Å². The largest absolute Gasteiger partial charge is 0.253 e. The predicted octanol–water partition coefficient (Wildman–Crippen LogP) is 5.20. The molecule has 20 heavy (non-hydrogen) atoms. The maximum absolute atomic E-state index is 4.62. The number of pyridine rings is 1. The van der Waals surface area contributed by atoms with E-state index in [2.05, 4.69) is 41.9 Å². The highest BCUT2D eigenvalue weighted by Gasteiger charge is 2.04. The SMILES string of the molecule is C=C/C(=C\C=C/C)c1cc(C)nc(-c2ccccc2)c1. The summed E-state index contributed by atoms with van der Waals surface area (Å²) < 4.78 is 0. The van der Waals surface area contributed by atoms with Crippen molar-refractivity contribution < 1.29 is 0 Å². The van der Waals surface area contributed by atoms with Crippen molar-refractivity contribution in [2.24, 2.45) is 0 Å². The molecule has 1 aromatic heterocycles. The van der Waals surface area contributed by atoms with Crippen molar-refractivity contribution in [3.63, 3.8) is 0 Å². The average molecular weight is 261 g/mol. The monoisotopic (exact) mass is 261 g/mol. The van der Waals surface area contributed by atoms with Crippen LogP contribution in [0.15, 0.2) is 73.3 Å². The summed E-state index contributed by atoms with van der Waals surface area (Å²) in [6.07, 6.45) is 7.98. The van der Waals surface area contributed by atoms with Gasteiger partial charge in [-0.3, -0.25) is 4.98 Å². The Kier molecular flexibility index (Phi) is 4.67. The zero-order chi connectivity index (χ0) is 14.4. The van der Waals surface area contributed by atoms with E-state index in [0.29, 0.717) is 0 Å². The minimum atomic E-state index is 0.994. The zero-order valence-electron chi connectivity index (χ0n) is 12.0. The summed E-state index contributed by atoms with van der Waals surface area (Å²) >= 11 is 0. The van der Waals surface area contributed by atoms with Crippen LogP contribution in [0.3, 0.4) is 0 Å². The van der Waals surface area contributed by atoms with Crippen LogP contribution < -0.4 is 0 Å². The van der Waals surface area contributed by atoms with E-state index >= 15 is 0 Å². The van der Waals surface area contributed by atoms with E-state index in [0.717, 1.165) is 28.1 Å². The molecule has 1 nitrogen and oxygen atoms in total. The number of hydrogen-bond acceptors (Lipinski definition) is 1. The highest BCUT2D eigenvalue weighted by molar-refractivity contribution is 5.77. The molecular weight excluding hydrogens is 242 g/mol. The molecule has 0 spiro atoms. The molecule has 0 aliphatic carbocycles. The number of aromatic nitrogens is 1. The van der Waals surface area contributed by atoms with E-state index in [4.69, 9.17) is 0 Å². The summed E-state index contributed by atoms with van der Waals surface area (Å²) in [7, 11) is 0. The molecular formula is C19H19N. The van der Waals surface area contributed by atoms with Crippen LogP contribution in [0.4, 0.5) is 0 Å². The molecule has 1 heterocycles. The maximum atomic E-state index is 4.62. The molecule has 2 rings (SSSR count). The molecule has 0 atom stereocenters. The highest BCUT2D eigenvalue weighted by Crippen LogP contribution is 2.23. The van der Waals surface area contributed by atoms with Crippen LogP contribution in [0.25, 0.3) is 16.8 Å². The average Bonchev–Trinajstić information content (AvgIpc) is 2.48. The normalized spacial score (nSPS) is 11.8. The quantitative estimate of drug-likeness (QED) is 0.689. The Balaban J connectivity index is 2.51. The van der Waals surface area contributed by atoms with Gasteiger partial charge >= 0.3 is 0 Å². The van der Waals surface area contributed by atoms with Gasteiger partial charge in [-0.05, 0) is 37.1 Å². The van der Waals surface area contributed by atoms with Crippen molar-refractivity contribution in [3.8, 4) is 11.3 Å². The Morgan fingerprint density at radius 1 is 1.15 bits per heavy atom. The standard InChI is InChI=1S/C19H19N/c1-4-6-10-16(5-2)18-13-15(3)20-19(14-18)17-11-8-7-9-12-17/h4-14H,2H2,1,3H3/b6-4-,16-10+. The smallest absolute Gasteiger partial charge is 0.0711 e. The van der Waals surface area contributed by atoms with Crippen LogP contribution >= 0.6 is 0 Å². The first-order valence-corrected chi connectivity index (χ1v) is 6.74. The molecule has 1 aromatic carbocycles. The van der Waals surface area contributed by atoms with Crippen molar-refractivity contribution in [1.82, 2.24) is 4.98 Å². The van der Waals surface area contributed by atoms with Crippen molar-refractivity contribution in [2.45, 2.75) is 13.8 Å². The summed E-state index contributed by atoms with van der Waals surface area (Å²) in [5.74, 6) is 0. The van der Waals surface area contributed by atoms with Crippen LogP contribution in [0, 0.1) is 6.92 Å². The van der Waals surface area contributed by atoms with Gasteiger partial charge in [0.2, 0.25) is 0 Å². The zero-order valence-corrected chi connectivity index (χ0v) is 12.0. The first-order valence-electron chi connectivity index (χ1n) is 6.74. The lowest BCUT2D eigenvalue weighted by atomic mass is 10.0.